The summed E-state index contributed by atoms with van der Waals surface area (Å²) >= 11 is 0. The van der Waals surface area contributed by atoms with Crippen molar-refractivity contribution < 1.29 is 4.43 Å². The summed E-state index contributed by atoms with van der Waals surface area (Å²) in [6, 6.07) is 22.6. The average Bonchev–Trinajstić information content (AvgIpc) is 2.59. The van der Waals surface area contributed by atoms with E-state index >= 15 is 0 Å². The van der Waals surface area contributed by atoms with E-state index in [1.54, 1.807) is 0 Å². The lowest BCUT2D eigenvalue weighted by molar-refractivity contribution is 0.286. The van der Waals surface area contributed by atoms with E-state index < -0.39 is 9.04 Å². The van der Waals surface area contributed by atoms with Crippen molar-refractivity contribution in [1.82, 2.24) is 0 Å². The summed E-state index contributed by atoms with van der Waals surface area (Å²) in [5.41, 5.74) is 1.52. The van der Waals surface area contributed by atoms with E-state index in [1.165, 1.54) is 58.5 Å². The van der Waals surface area contributed by atoms with Crippen molar-refractivity contribution in [1.29, 1.82) is 0 Å². The Morgan fingerprint density at radius 1 is 0.864 bits per heavy atom. The standard InChI is InChI=1S/C20H22OSi/c1-3-9-18-16(7-1)15-17-8-2-4-10-19(17)20(18)11-14-22-13-6-5-12-21-22/h1-4,7-10,15,22H,5-6,11-14H2. The van der Waals surface area contributed by atoms with Gasteiger partial charge >= 0.3 is 0 Å². The molecule has 1 nitrogen and oxygen atoms in total. The van der Waals surface area contributed by atoms with Crippen LogP contribution in [0.2, 0.25) is 12.1 Å². The molecule has 3 aromatic carbocycles. The largest absolute Gasteiger partial charge is 0.420 e. The highest BCUT2D eigenvalue weighted by Gasteiger charge is 2.17. The Morgan fingerprint density at radius 2 is 1.55 bits per heavy atom. The molecule has 0 aromatic heterocycles. The summed E-state index contributed by atoms with van der Waals surface area (Å²) in [4.78, 5) is 0. The zero-order chi connectivity index (χ0) is 14.8. The SMILES string of the molecule is c1ccc2c(CC[SiH]3CCCCO3)c3ccccc3cc2c1. The van der Waals surface area contributed by atoms with Crippen LogP contribution >= 0.6 is 0 Å². The molecule has 0 amide bonds. The van der Waals surface area contributed by atoms with Crippen LogP contribution in [0.5, 0.6) is 0 Å². The second-order valence-corrected chi connectivity index (χ2v) is 9.06. The quantitative estimate of drug-likeness (QED) is 0.485. The lowest BCUT2D eigenvalue weighted by atomic mass is 9.95. The molecule has 1 saturated heterocycles. The minimum atomic E-state index is -0.957. The number of benzene rings is 3. The Kier molecular flexibility index (Phi) is 3.96. The first-order valence-electron chi connectivity index (χ1n) is 8.43. The number of fused-ring (bicyclic) bond motifs is 2. The van der Waals surface area contributed by atoms with Crippen molar-refractivity contribution >= 4 is 30.6 Å². The monoisotopic (exact) mass is 306 g/mol. The van der Waals surface area contributed by atoms with Gasteiger partial charge in [0.25, 0.3) is 0 Å². The molecule has 2 heteroatoms. The summed E-state index contributed by atoms with van der Waals surface area (Å²) in [5.74, 6) is 0. The molecule has 4 rings (SSSR count). The second-order valence-electron chi connectivity index (χ2n) is 6.32. The van der Waals surface area contributed by atoms with Gasteiger partial charge in [0.2, 0.25) is 0 Å². The molecule has 1 aliphatic heterocycles. The molecule has 0 aliphatic carbocycles. The number of rotatable bonds is 3. The van der Waals surface area contributed by atoms with Crippen molar-refractivity contribution in [2.24, 2.45) is 0 Å². The van der Waals surface area contributed by atoms with Gasteiger partial charge in [0.15, 0.2) is 9.04 Å². The van der Waals surface area contributed by atoms with E-state index in [0.717, 1.165) is 6.61 Å². The highest BCUT2D eigenvalue weighted by Crippen LogP contribution is 2.30. The topological polar surface area (TPSA) is 9.23 Å². The summed E-state index contributed by atoms with van der Waals surface area (Å²) < 4.78 is 6.06. The summed E-state index contributed by atoms with van der Waals surface area (Å²) in [6.07, 6.45) is 3.81. The van der Waals surface area contributed by atoms with E-state index in [-0.39, 0.29) is 0 Å². The fraction of sp³-hybridized carbons (Fsp3) is 0.300. The first-order valence-corrected chi connectivity index (χ1v) is 10.5. The third-order valence-corrected chi connectivity index (χ3v) is 7.57. The Labute approximate surface area is 133 Å². The molecular weight excluding hydrogens is 284 g/mol. The predicted octanol–water partition coefficient (Wildman–Crippen LogP) is 5.07. The van der Waals surface area contributed by atoms with E-state index in [4.69, 9.17) is 4.43 Å². The molecule has 3 aromatic rings. The maximum Gasteiger partial charge on any atom is 0.177 e. The minimum Gasteiger partial charge on any atom is -0.420 e. The number of hydrogen-bond acceptors (Lipinski definition) is 1. The van der Waals surface area contributed by atoms with Gasteiger partial charge in [0, 0.05) is 6.61 Å². The van der Waals surface area contributed by atoms with Crippen LogP contribution in [0.3, 0.4) is 0 Å². The van der Waals surface area contributed by atoms with Crippen molar-refractivity contribution in [2.75, 3.05) is 6.61 Å². The van der Waals surface area contributed by atoms with Crippen LogP contribution in [0.25, 0.3) is 21.5 Å². The van der Waals surface area contributed by atoms with E-state index in [0.29, 0.717) is 0 Å². The van der Waals surface area contributed by atoms with E-state index in [9.17, 15) is 0 Å². The van der Waals surface area contributed by atoms with Crippen LogP contribution in [0.4, 0.5) is 0 Å². The van der Waals surface area contributed by atoms with Crippen LogP contribution in [-0.4, -0.2) is 15.6 Å². The number of aryl methyl sites for hydroxylation is 1. The van der Waals surface area contributed by atoms with Crippen molar-refractivity contribution in [3.8, 4) is 0 Å². The lowest BCUT2D eigenvalue weighted by Gasteiger charge is -2.21. The molecule has 112 valence electrons. The fourth-order valence-electron chi connectivity index (χ4n) is 3.72. The molecule has 22 heavy (non-hydrogen) atoms. The number of hydrogen-bond donors (Lipinski definition) is 0. The first kappa shape index (κ1) is 14.0. The average molecular weight is 306 g/mol. The minimum absolute atomic E-state index is 0.957. The van der Waals surface area contributed by atoms with Gasteiger partial charge in [-0.2, -0.15) is 0 Å². The maximum absolute atomic E-state index is 6.06. The van der Waals surface area contributed by atoms with Gasteiger partial charge < -0.3 is 4.43 Å². The third kappa shape index (κ3) is 2.69. The zero-order valence-corrected chi connectivity index (χ0v) is 14.1. The van der Waals surface area contributed by atoms with Crippen LogP contribution in [0.1, 0.15) is 18.4 Å². The Hall–Kier alpha value is -1.64. The Balaban J connectivity index is 1.75. The molecule has 1 heterocycles. The molecule has 0 radical (unpaired) electrons. The lowest BCUT2D eigenvalue weighted by Crippen LogP contribution is -2.23. The third-order valence-electron chi connectivity index (χ3n) is 4.87. The van der Waals surface area contributed by atoms with E-state index in [2.05, 4.69) is 54.6 Å². The normalized spacial score (nSPS) is 18.8. The van der Waals surface area contributed by atoms with Crippen LogP contribution < -0.4 is 0 Å². The first-order chi connectivity index (χ1) is 10.9. The van der Waals surface area contributed by atoms with Crippen molar-refractivity contribution in [3.63, 3.8) is 0 Å². The van der Waals surface area contributed by atoms with Gasteiger partial charge in [-0.05, 0) is 58.1 Å². The highest BCUT2D eigenvalue weighted by atomic mass is 28.3. The predicted molar refractivity (Wildman–Crippen MR) is 97.1 cm³/mol. The van der Waals surface area contributed by atoms with Crippen LogP contribution in [0, 0.1) is 0 Å². The molecule has 1 aliphatic rings. The van der Waals surface area contributed by atoms with Crippen LogP contribution in [-0.2, 0) is 10.8 Å². The summed E-state index contributed by atoms with van der Waals surface area (Å²) in [5, 5.41) is 5.57. The molecule has 0 saturated carbocycles. The highest BCUT2D eigenvalue weighted by molar-refractivity contribution is 6.52. The molecule has 0 N–H and O–H groups in total. The molecular formula is C20H22OSi. The summed E-state index contributed by atoms with van der Waals surface area (Å²) in [6.45, 7) is 1.01. The fourth-order valence-corrected chi connectivity index (χ4v) is 6.19. The Morgan fingerprint density at radius 3 is 2.18 bits per heavy atom. The van der Waals surface area contributed by atoms with Crippen molar-refractivity contribution in [3.05, 3.63) is 60.2 Å². The van der Waals surface area contributed by atoms with Gasteiger partial charge in [-0.25, -0.2) is 0 Å². The molecule has 1 atom stereocenters. The van der Waals surface area contributed by atoms with Crippen LogP contribution in [0.15, 0.2) is 54.6 Å². The Bertz CT molecular complexity index is 736. The van der Waals surface area contributed by atoms with Gasteiger partial charge in [-0.15, -0.1) is 0 Å². The summed E-state index contributed by atoms with van der Waals surface area (Å²) in [7, 11) is -0.957. The molecule has 1 fully saturated rings. The second kappa shape index (κ2) is 6.23. The van der Waals surface area contributed by atoms with Gasteiger partial charge in [-0.1, -0.05) is 55.0 Å². The smallest absolute Gasteiger partial charge is 0.177 e. The van der Waals surface area contributed by atoms with Gasteiger partial charge in [-0.3, -0.25) is 0 Å². The molecule has 1 unspecified atom stereocenters. The molecule has 0 bridgehead atoms. The van der Waals surface area contributed by atoms with E-state index in [1.807, 2.05) is 0 Å². The zero-order valence-electron chi connectivity index (χ0n) is 12.9. The maximum atomic E-state index is 6.06. The van der Waals surface area contributed by atoms with Gasteiger partial charge in [0.1, 0.15) is 0 Å². The van der Waals surface area contributed by atoms with Crippen molar-refractivity contribution in [2.45, 2.75) is 31.4 Å². The van der Waals surface area contributed by atoms with Gasteiger partial charge in [0.05, 0.1) is 0 Å². The molecule has 0 spiro atoms.